The van der Waals surface area contributed by atoms with Crippen LogP contribution in [-0.2, 0) is 14.4 Å². The Hall–Kier alpha value is -0.990. The summed E-state index contributed by atoms with van der Waals surface area (Å²) in [5, 5.41) is 0. The minimum atomic E-state index is -0.947. The van der Waals surface area contributed by atoms with Gasteiger partial charge in [-0.05, 0) is 12.8 Å². The van der Waals surface area contributed by atoms with Crippen molar-refractivity contribution in [3.05, 3.63) is 0 Å². The maximum atomic E-state index is 11.6. The van der Waals surface area contributed by atoms with Gasteiger partial charge in [-0.1, -0.05) is 13.8 Å². The van der Waals surface area contributed by atoms with E-state index in [-0.39, 0.29) is 23.3 Å². The normalized spacial score (nSPS) is 19.9. The van der Waals surface area contributed by atoms with Gasteiger partial charge in [-0.2, -0.15) is 0 Å². The van der Waals surface area contributed by atoms with Crippen molar-refractivity contribution in [3.63, 3.8) is 0 Å². The van der Waals surface area contributed by atoms with Crippen molar-refractivity contribution in [1.29, 1.82) is 0 Å². The van der Waals surface area contributed by atoms with Gasteiger partial charge >= 0.3 is 0 Å². The van der Waals surface area contributed by atoms with Crippen LogP contribution in [0.1, 0.15) is 39.5 Å². The van der Waals surface area contributed by atoms with Crippen LogP contribution in [0.3, 0.4) is 0 Å². The third-order valence-corrected chi connectivity index (χ3v) is 2.59. The summed E-state index contributed by atoms with van der Waals surface area (Å²) >= 11 is 0. The molecular weight excluding hydrogens is 180 g/mol. The summed E-state index contributed by atoms with van der Waals surface area (Å²) in [7, 11) is 0. The largest absolute Gasteiger partial charge is 0.298 e. The fraction of sp³-hybridized carbons (Fsp3) is 0.727. The molecule has 1 saturated carbocycles. The second-order valence-electron chi connectivity index (χ2n) is 4.13. The van der Waals surface area contributed by atoms with Gasteiger partial charge in [0.25, 0.3) is 0 Å². The maximum absolute atomic E-state index is 11.6. The smallest absolute Gasteiger partial charge is 0.153 e. The molecule has 3 nitrogen and oxygen atoms in total. The maximum Gasteiger partial charge on any atom is 0.153 e. The lowest BCUT2D eigenvalue weighted by molar-refractivity contribution is -0.140. The number of Topliss-reactive ketones (excluding diaryl/α,β-unsaturated/α-hetero) is 3. The fourth-order valence-electron chi connectivity index (χ4n) is 1.72. The first kappa shape index (κ1) is 11.1. The highest BCUT2D eigenvalue weighted by Gasteiger charge is 2.35. The van der Waals surface area contributed by atoms with Gasteiger partial charge in [0, 0.05) is 18.8 Å². The van der Waals surface area contributed by atoms with E-state index in [2.05, 4.69) is 0 Å². The van der Waals surface area contributed by atoms with E-state index in [4.69, 9.17) is 0 Å². The molecule has 0 heterocycles. The number of carbonyl (C=O) groups excluding carboxylic acids is 3. The van der Waals surface area contributed by atoms with Gasteiger partial charge in [0.05, 0.1) is 0 Å². The molecule has 0 unspecified atom stereocenters. The Balaban J connectivity index is 2.85. The number of hydrogen-bond donors (Lipinski definition) is 0. The van der Waals surface area contributed by atoms with Crippen LogP contribution in [0.25, 0.3) is 0 Å². The van der Waals surface area contributed by atoms with Gasteiger partial charge in [-0.3, -0.25) is 14.4 Å². The quantitative estimate of drug-likeness (QED) is 0.497. The van der Waals surface area contributed by atoms with Crippen LogP contribution in [0.4, 0.5) is 0 Å². The molecule has 0 aromatic rings. The summed E-state index contributed by atoms with van der Waals surface area (Å²) in [6.45, 7) is 3.46. The molecule has 1 aliphatic rings. The van der Waals surface area contributed by atoms with Crippen LogP contribution in [0.15, 0.2) is 0 Å². The van der Waals surface area contributed by atoms with Crippen molar-refractivity contribution in [3.8, 4) is 0 Å². The lowest BCUT2D eigenvalue weighted by Gasteiger charge is -2.12. The molecule has 0 N–H and O–H groups in total. The zero-order valence-electron chi connectivity index (χ0n) is 8.71. The van der Waals surface area contributed by atoms with Gasteiger partial charge in [0.15, 0.2) is 17.3 Å². The molecule has 0 aromatic carbocycles. The molecule has 0 amide bonds. The van der Waals surface area contributed by atoms with Crippen molar-refractivity contribution in [2.75, 3.05) is 0 Å². The zero-order valence-corrected chi connectivity index (χ0v) is 8.71. The summed E-state index contributed by atoms with van der Waals surface area (Å²) in [4.78, 5) is 34.7. The average Bonchev–Trinajstić information content (AvgIpc) is 2.26. The highest BCUT2D eigenvalue weighted by molar-refractivity contribution is 6.20. The van der Waals surface area contributed by atoms with E-state index in [1.54, 1.807) is 13.8 Å². The average molecular weight is 196 g/mol. The van der Waals surface area contributed by atoms with E-state index in [1.807, 2.05) is 0 Å². The molecule has 0 radical (unpaired) electrons. The highest BCUT2D eigenvalue weighted by atomic mass is 16.2. The van der Waals surface area contributed by atoms with Crippen LogP contribution in [0, 0.1) is 11.8 Å². The summed E-state index contributed by atoms with van der Waals surface area (Å²) in [6.07, 6.45) is 2.25. The van der Waals surface area contributed by atoms with Crippen LogP contribution in [0.2, 0.25) is 0 Å². The van der Waals surface area contributed by atoms with Crippen molar-refractivity contribution in [1.82, 2.24) is 0 Å². The molecule has 0 atom stereocenters. The van der Waals surface area contributed by atoms with Crippen LogP contribution < -0.4 is 0 Å². The number of hydrogen-bond acceptors (Lipinski definition) is 3. The standard InChI is InChI=1S/C11H16O3/c1-7(2)11(14)10-8(12)5-3-4-6-9(10)13/h7,10H,3-6H2,1-2H3. The second-order valence-corrected chi connectivity index (χ2v) is 4.13. The Labute approximate surface area is 83.9 Å². The van der Waals surface area contributed by atoms with Crippen LogP contribution in [0.5, 0.6) is 0 Å². The minimum absolute atomic E-state index is 0.175. The van der Waals surface area contributed by atoms with Gasteiger partial charge < -0.3 is 0 Å². The second kappa shape index (κ2) is 4.49. The summed E-state index contributed by atoms with van der Waals surface area (Å²) < 4.78 is 0. The minimum Gasteiger partial charge on any atom is -0.298 e. The monoisotopic (exact) mass is 196 g/mol. The third kappa shape index (κ3) is 2.28. The summed E-state index contributed by atoms with van der Waals surface area (Å²) in [6, 6.07) is 0. The number of ketones is 3. The highest BCUT2D eigenvalue weighted by Crippen LogP contribution is 2.20. The van der Waals surface area contributed by atoms with Crippen LogP contribution >= 0.6 is 0 Å². The SMILES string of the molecule is CC(C)C(=O)C1C(=O)CCCCC1=O. The number of rotatable bonds is 2. The first-order valence-corrected chi connectivity index (χ1v) is 5.13. The first-order chi connectivity index (χ1) is 6.54. The number of carbonyl (C=O) groups is 3. The fourth-order valence-corrected chi connectivity index (χ4v) is 1.72. The predicted molar refractivity (Wildman–Crippen MR) is 51.8 cm³/mol. The zero-order chi connectivity index (χ0) is 10.7. The molecule has 0 aromatic heterocycles. The lowest BCUT2D eigenvalue weighted by Crippen LogP contribution is -2.33. The molecule has 78 valence electrons. The molecule has 14 heavy (non-hydrogen) atoms. The summed E-state index contributed by atoms with van der Waals surface area (Å²) in [5.41, 5.74) is 0. The Morgan fingerprint density at radius 2 is 1.57 bits per heavy atom. The van der Waals surface area contributed by atoms with E-state index < -0.39 is 5.92 Å². The van der Waals surface area contributed by atoms with Gasteiger partial charge in [-0.25, -0.2) is 0 Å². The molecule has 0 saturated heterocycles. The van der Waals surface area contributed by atoms with Crippen molar-refractivity contribution >= 4 is 17.3 Å². The van der Waals surface area contributed by atoms with Crippen molar-refractivity contribution in [2.45, 2.75) is 39.5 Å². The van der Waals surface area contributed by atoms with E-state index in [0.29, 0.717) is 12.8 Å². The first-order valence-electron chi connectivity index (χ1n) is 5.13. The molecule has 0 spiro atoms. The van der Waals surface area contributed by atoms with E-state index >= 15 is 0 Å². The van der Waals surface area contributed by atoms with E-state index in [0.717, 1.165) is 12.8 Å². The van der Waals surface area contributed by atoms with Gasteiger partial charge in [0.1, 0.15) is 5.92 Å². The molecular formula is C11H16O3. The molecule has 1 fully saturated rings. The molecule has 1 aliphatic carbocycles. The Bertz CT molecular complexity index is 248. The Morgan fingerprint density at radius 1 is 1.14 bits per heavy atom. The van der Waals surface area contributed by atoms with Gasteiger partial charge in [-0.15, -0.1) is 0 Å². The van der Waals surface area contributed by atoms with Gasteiger partial charge in [0.2, 0.25) is 0 Å². The topological polar surface area (TPSA) is 51.2 Å². The Kier molecular flexibility index (Phi) is 3.55. The molecule has 0 bridgehead atoms. The summed E-state index contributed by atoms with van der Waals surface area (Å²) in [5.74, 6) is -1.73. The predicted octanol–water partition coefficient (Wildman–Crippen LogP) is 1.54. The third-order valence-electron chi connectivity index (χ3n) is 2.59. The Morgan fingerprint density at radius 3 is 1.93 bits per heavy atom. The van der Waals surface area contributed by atoms with E-state index in [1.165, 1.54) is 0 Å². The lowest BCUT2D eigenvalue weighted by atomic mass is 9.87. The van der Waals surface area contributed by atoms with Crippen LogP contribution in [-0.4, -0.2) is 17.3 Å². The van der Waals surface area contributed by atoms with Crippen molar-refractivity contribution in [2.24, 2.45) is 11.8 Å². The molecule has 0 aliphatic heterocycles. The van der Waals surface area contributed by atoms with Crippen molar-refractivity contribution < 1.29 is 14.4 Å². The van der Waals surface area contributed by atoms with E-state index in [9.17, 15) is 14.4 Å². The molecule has 3 heteroatoms. The molecule has 1 rings (SSSR count).